The maximum atomic E-state index is 12.5. The van der Waals surface area contributed by atoms with Crippen molar-refractivity contribution in [1.82, 2.24) is 10.6 Å². The largest absolute Gasteiger partial charge is 0.451 e. The van der Waals surface area contributed by atoms with Crippen LogP contribution in [0.2, 0.25) is 0 Å². The van der Waals surface area contributed by atoms with Gasteiger partial charge < -0.3 is 20.3 Å². The summed E-state index contributed by atoms with van der Waals surface area (Å²) < 4.78 is 11.4. The molecule has 2 heterocycles. The molecule has 10 heteroatoms. The van der Waals surface area contributed by atoms with Gasteiger partial charge in [-0.25, -0.2) is 0 Å². The normalized spacial score (nSPS) is 11.9. The minimum atomic E-state index is -0.616. The van der Waals surface area contributed by atoms with Crippen LogP contribution < -0.4 is 22.1 Å². The maximum absolute atomic E-state index is 12.5. The molecule has 0 radical (unpaired) electrons. The standard InChI is InChI=1S/C28H28N6O4/c1-15-8-9-17(3)20(14-15)22-11-13-24(38-22)26(36)32-28(30)34-33-27(29)31-25(35)23-12-10-21(37-23)19-7-5-6-16(2)18(19)4/h5-14H,1-4H3,(H3,29,31,33,35)(H3,30,32,34,36). The molecule has 0 bridgehead atoms. The molecule has 0 aliphatic heterocycles. The number of aryl methyl sites for hydroxylation is 3. The Morgan fingerprint density at radius 2 is 1.24 bits per heavy atom. The second-order valence-corrected chi connectivity index (χ2v) is 8.77. The highest BCUT2D eigenvalue weighted by atomic mass is 16.4. The number of guanidine groups is 2. The van der Waals surface area contributed by atoms with E-state index >= 15 is 0 Å². The number of carbonyl (C=O) groups excluding carboxylic acids is 2. The third-order valence-corrected chi connectivity index (χ3v) is 5.94. The van der Waals surface area contributed by atoms with Crippen LogP contribution in [0.1, 0.15) is 43.4 Å². The zero-order valence-electron chi connectivity index (χ0n) is 21.5. The van der Waals surface area contributed by atoms with E-state index in [1.807, 2.05) is 64.1 Å². The van der Waals surface area contributed by atoms with Crippen molar-refractivity contribution in [2.75, 3.05) is 0 Å². The average Bonchev–Trinajstić information content (AvgIpc) is 3.56. The van der Waals surface area contributed by atoms with Gasteiger partial charge in [-0.15, -0.1) is 10.2 Å². The number of carbonyl (C=O) groups is 2. The van der Waals surface area contributed by atoms with Gasteiger partial charge in [0.1, 0.15) is 11.5 Å². The Balaban J connectivity index is 1.37. The molecule has 0 aliphatic carbocycles. The average molecular weight is 513 g/mol. The molecule has 194 valence electrons. The zero-order valence-corrected chi connectivity index (χ0v) is 21.5. The lowest BCUT2D eigenvalue weighted by Crippen LogP contribution is -2.38. The number of benzene rings is 2. The first-order valence-electron chi connectivity index (χ1n) is 11.8. The summed E-state index contributed by atoms with van der Waals surface area (Å²) >= 11 is 0. The van der Waals surface area contributed by atoms with E-state index < -0.39 is 11.8 Å². The summed E-state index contributed by atoms with van der Waals surface area (Å²) in [7, 11) is 0. The predicted octanol–water partition coefficient (Wildman–Crippen LogP) is 4.14. The molecule has 0 saturated heterocycles. The van der Waals surface area contributed by atoms with Crippen LogP contribution in [0.5, 0.6) is 0 Å². The van der Waals surface area contributed by atoms with E-state index in [2.05, 4.69) is 20.8 Å². The molecule has 0 unspecified atom stereocenters. The van der Waals surface area contributed by atoms with Crippen molar-refractivity contribution in [1.29, 1.82) is 0 Å². The smallest absolute Gasteiger partial charge is 0.293 e. The lowest BCUT2D eigenvalue weighted by Gasteiger charge is -2.05. The molecule has 2 aromatic carbocycles. The number of hydrogen-bond donors (Lipinski definition) is 4. The van der Waals surface area contributed by atoms with Crippen LogP contribution in [-0.4, -0.2) is 23.7 Å². The molecule has 0 aliphatic rings. The molecular formula is C28H28N6O4. The van der Waals surface area contributed by atoms with Crippen LogP contribution in [0.4, 0.5) is 0 Å². The number of hydrogen-bond acceptors (Lipinski definition) is 6. The molecule has 4 rings (SSSR count). The van der Waals surface area contributed by atoms with Gasteiger partial charge in [-0.1, -0.05) is 35.9 Å². The van der Waals surface area contributed by atoms with Crippen LogP contribution in [0.15, 0.2) is 79.7 Å². The van der Waals surface area contributed by atoms with Gasteiger partial charge in [0, 0.05) is 11.1 Å². The molecule has 0 fully saturated rings. The molecule has 0 atom stereocenters. The fourth-order valence-electron chi connectivity index (χ4n) is 3.74. The van der Waals surface area contributed by atoms with Gasteiger partial charge in [0.05, 0.1) is 0 Å². The number of furan rings is 2. The van der Waals surface area contributed by atoms with Crippen LogP contribution >= 0.6 is 0 Å². The van der Waals surface area contributed by atoms with Crippen molar-refractivity contribution in [3.8, 4) is 22.6 Å². The highest BCUT2D eigenvalue weighted by Crippen LogP contribution is 2.28. The maximum Gasteiger partial charge on any atom is 0.293 e. The van der Waals surface area contributed by atoms with E-state index in [1.54, 1.807) is 12.1 Å². The van der Waals surface area contributed by atoms with Gasteiger partial charge in [0.15, 0.2) is 11.5 Å². The Bertz CT molecular complexity index is 1510. The molecule has 10 nitrogen and oxygen atoms in total. The molecule has 2 amide bonds. The molecule has 4 aromatic rings. The van der Waals surface area contributed by atoms with Crippen molar-refractivity contribution in [2.45, 2.75) is 27.7 Å². The minimum Gasteiger partial charge on any atom is -0.451 e. The number of nitrogens with two attached hydrogens (primary N) is 2. The second-order valence-electron chi connectivity index (χ2n) is 8.77. The Labute approximate surface area is 219 Å². The van der Waals surface area contributed by atoms with Gasteiger partial charge in [-0.3, -0.25) is 20.2 Å². The second kappa shape index (κ2) is 10.9. The quantitative estimate of drug-likeness (QED) is 0.178. The van der Waals surface area contributed by atoms with Gasteiger partial charge in [0.25, 0.3) is 11.8 Å². The van der Waals surface area contributed by atoms with E-state index in [0.29, 0.717) is 11.5 Å². The Kier molecular flexibility index (Phi) is 7.43. The van der Waals surface area contributed by atoms with E-state index in [1.165, 1.54) is 12.1 Å². The number of amides is 2. The SMILES string of the molecule is Cc1ccc(C)c(-c2ccc(C(=O)NC(N)=NN=C(N)NC(=O)c3ccc(-c4cccc(C)c4C)o3)o2)c1. The first-order valence-corrected chi connectivity index (χ1v) is 11.8. The van der Waals surface area contributed by atoms with Gasteiger partial charge in [0.2, 0.25) is 11.9 Å². The molecule has 0 spiro atoms. The summed E-state index contributed by atoms with van der Waals surface area (Å²) in [6.07, 6.45) is 0. The van der Waals surface area contributed by atoms with E-state index in [9.17, 15) is 9.59 Å². The molecule has 2 aromatic heterocycles. The summed E-state index contributed by atoms with van der Waals surface area (Å²) in [5.41, 5.74) is 17.5. The first-order chi connectivity index (χ1) is 18.1. The zero-order chi connectivity index (χ0) is 27.4. The summed E-state index contributed by atoms with van der Waals surface area (Å²) in [5, 5.41) is 12.0. The van der Waals surface area contributed by atoms with Gasteiger partial charge >= 0.3 is 0 Å². The topological polar surface area (TPSA) is 161 Å². The lowest BCUT2D eigenvalue weighted by molar-refractivity contribution is 0.0942. The van der Waals surface area contributed by atoms with E-state index in [-0.39, 0.29) is 23.4 Å². The first kappa shape index (κ1) is 26.0. The van der Waals surface area contributed by atoms with Crippen molar-refractivity contribution in [2.24, 2.45) is 21.7 Å². The summed E-state index contributed by atoms with van der Waals surface area (Å²) in [6, 6.07) is 18.3. The van der Waals surface area contributed by atoms with Crippen molar-refractivity contribution in [3.63, 3.8) is 0 Å². The van der Waals surface area contributed by atoms with Crippen LogP contribution in [0.3, 0.4) is 0 Å². The highest BCUT2D eigenvalue weighted by molar-refractivity contribution is 6.05. The molecule has 0 saturated carbocycles. The fourth-order valence-corrected chi connectivity index (χ4v) is 3.74. The van der Waals surface area contributed by atoms with Gasteiger partial charge in [-0.05, 0) is 74.7 Å². The fraction of sp³-hybridized carbons (Fsp3) is 0.143. The van der Waals surface area contributed by atoms with Crippen molar-refractivity contribution < 1.29 is 18.4 Å². The minimum absolute atomic E-state index is 0.0433. The van der Waals surface area contributed by atoms with Crippen LogP contribution in [0.25, 0.3) is 22.6 Å². The Hall–Kier alpha value is -5.12. The number of nitrogens with one attached hydrogen (secondary N) is 2. The summed E-state index contributed by atoms with van der Waals surface area (Å²) in [6.45, 7) is 7.91. The number of rotatable bonds is 5. The van der Waals surface area contributed by atoms with E-state index in [0.717, 1.165) is 33.4 Å². The third-order valence-electron chi connectivity index (χ3n) is 5.94. The van der Waals surface area contributed by atoms with Gasteiger partial charge in [-0.2, -0.15) is 0 Å². The lowest BCUT2D eigenvalue weighted by atomic mass is 10.0. The molecule has 6 N–H and O–H groups in total. The molecular weight excluding hydrogens is 484 g/mol. The van der Waals surface area contributed by atoms with Crippen molar-refractivity contribution >= 4 is 23.7 Å². The monoisotopic (exact) mass is 512 g/mol. The summed E-state index contributed by atoms with van der Waals surface area (Å²) in [4.78, 5) is 25.0. The Morgan fingerprint density at radius 3 is 1.82 bits per heavy atom. The highest BCUT2D eigenvalue weighted by Gasteiger charge is 2.16. The van der Waals surface area contributed by atoms with Crippen LogP contribution in [0, 0.1) is 27.7 Å². The van der Waals surface area contributed by atoms with Crippen molar-refractivity contribution in [3.05, 3.63) is 94.4 Å². The predicted molar refractivity (Wildman–Crippen MR) is 145 cm³/mol. The van der Waals surface area contributed by atoms with Crippen LogP contribution in [-0.2, 0) is 0 Å². The van der Waals surface area contributed by atoms with E-state index in [4.69, 9.17) is 20.3 Å². The Morgan fingerprint density at radius 1 is 0.684 bits per heavy atom. The third kappa shape index (κ3) is 5.81. The molecule has 38 heavy (non-hydrogen) atoms. The number of nitrogens with zero attached hydrogens (tertiary/aromatic N) is 2. The summed E-state index contributed by atoms with van der Waals surface area (Å²) in [5.74, 6) is -0.723.